The van der Waals surface area contributed by atoms with Crippen LogP contribution >= 0.6 is 0 Å². The Balaban J connectivity index is 1.68. The molecule has 0 aliphatic heterocycles. The topological polar surface area (TPSA) is 45.2 Å². The highest BCUT2D eigenvalue weighted by Gasteiger charge is 2.21. The minimum atomic E-state index is 0.172. The van der Waals surface area contributed by atoms with Crippen molar-refractivity contribution in [3.63, 3.8) is 0 Å². The summed E-state index contributed by atoms with van der Waals surface area (Å²) in [4.78, 5) is 17.5. The second-order valence-corrected chi connectivity index (χ2v) is 4.58. The van der Waals surface area contributed by atoms with Gasteiger partial charge in [0.2, 0.25) is 5.91 Å². The number of hydrogen-bond donors (Lipinski definition) is 1. The number of carbonyl (C=O) groups excluding carboxylic acids is 1. The van der Waals surface area contributed by atoms with Crippen molar-refractivity contribution >= 4 is 5.91 Å². The summed E-state index contributed by atoms with van der Waals surface area (Å²) in [5.74, 6) is 0.172. The summed E-state index contributed by atoms with van der Waals surface area (Å²) in [6.45, 7) is 1.23. The van der Waals surface area contributed by atoms with Gasteiger partial charge in [-0.15, -0.1) is 0 Å². The van der Waals surface area contributed by atoms with Gasteiger partial charge in [0.25, 0.3) is 0 Å². The summed E-state index contributed by atoms with van der Waals surface area (Å²) in [6, 6.07) is 4.56. The van der Waals surface area contributed by atoms with E-state index < -0.39 is 0 Å². The molecule has 0 bridgehead atoms. The van der Waals surface area contributed by atoms with Crippen LogP contribution in [0.4, 0.5) is 0 Å². The first-order chi connectivity index (χ1) is 8.25. The third-order valence-corrected chi connectivity index (χ3v) is 3.03. The van der Waals surface area contributed by atoms with E-state index in [9.17, 15) is 4.79 Å². The molecule has 1 heterocycles. The van der Waals surface area contributed by atoms with Crippen molar-refractivity contribution < 1.29 is 4.79 Å². The molecule has 0 spiro atoms. The van der Waals surface area contributed by atoms with E-state index in [1.807, 2.05) is 19.2 Å². The zero-order valence-corrected chi connectivity index (χ0v) is 10.2. The lowest BCUT2D eigenvalue weighted by Crippen LogP contribution is -2.37. The van der Waals surface area contributed by atoms with E-state index in [0.29, 0.717) is 12.6 Å². The van der Waals surface area contributed by atoms with Gasteiger partial charge in [0, 0.05) is 32.0 Å². The normalized spacial score (nSPS) is 14.6. The Labute approximate surface area is 102 Å². The van der Waals surface area contributed by atoms with E-state index in [4.69, 9.17) is 0 Å². The predicted molar refractivity (Wildman–Crippen MR) is 66.6 cm³/mol. The van der Waals surface area contributed by atoms with E-state index in [-0.39, 0.29) is 5.91 Å². The van der Waals surface area contributed by atoms with Crippen molar-refractivity contribution in [2.24, 2.45) is 0 Å². The van der Waals surface area contributed by atoms with Crippen LogP contribution in [0.5, 0.6) is 0 Å². The van der Waals surface area contributed by atoms with Crippen molar-refractivity contribution in [2.75, 3.05) is 20.1 Å². The zero-order valence-electron chi connectivity index (χ0n) is 10.2. The van der Waals surface area contributed by atoms with Gasteiger partial charge >= 0.3 is 0 Å². The van der Waals surface area contributed by atoms with Crippen LogP contribution in [0.2, 0.25) is 0 Å². The van der Waals surface area contributed by atoms with Gasteiger partial charge in [0.05, 0.1) is 6.54 Å². The van der Waals surface area contributed by atoms with E-state index in [1.54, 1.807) is 17.3 Å². The molecule has 0 radical (unpaired) electrons. The van der Waals surface area contributed by atoms with Crippen LogP contribution in [0.1, 0.15) is 18.4 Å². The number of pyridine rings is 1. The third-order valence-electron chi connectivity index (χ3n) is 3.03. The second-order valence-electron chi connectivity index (χ2n) is 4.58. The number of amides is 1. The molecular weight excluding hydrogens is 214 g/mol. The largest absolute Gasteiger partial charge is 0.344 e. The lowest BCUT2D eigenvalue weighted by molar-refractivity contribution is -0.128. The summed E-state index contributed by atoms with van der Waals surface area (Å²) in [5.41, 5.74) is 1.22. The first kappa shape index (κ1) is 12.0. The van der Waals surface area contributed by atoms with E-state index in [2.05, 4.69) is 10.3 Å². The van der Waals surface area contributed by atoms with Gasteiger partial charge in [-0.2, -0.15) is 0 Å². The lowest BCUT2D eigenvalue weighted by atomic mass is 10.2. The van der Waals surface area contributed by atoms with Crippen molar-refractivity contribution in [3.8, 4) is 0 Å². The fourth-order valence-electron chi connectivity index (χ4n) is 1.63. The Hall–Kier alpha value is -1.42. The molecule has 0 saturated heterocycles. The molecule has 1 fully saturated rings. The highest BCUT2D eigenvalue weighted by Crippen LogP contribution is 2.18. The van der Waals surface area contributed by atoms with Crippen LogP contribution in [0, 0.1) is 0 Å². The first-order valence-electron chi connectivity index (χ1n) is 6.12. The fourth-order valence-corrected chi connectivity index (χ4v) is 1.63. The number of carbonyl (C=O) groups is 1. The van der Waals surface area contributed by atoms with Crippen molar-refractivity contribution in [2.45, 2.75) is 25.3 Å². The van der Waals surface area contributed by atoms with Crippen LogP contribution < -0.4 is 5.32 Å². The molecule has 1 N–H and O–H groups in total. The Bertz CT molecular complexity index is 362. The number of rotatable bonds is 6. The summed E-state index contributed by atoms with van der Waals surface area (Å²) in [6.07, 6.45) is 6.88. The zero-order chi connectivity index (χ0) is 12.1. The molecule has 0 aromatic carbocycles. The van der Waals surface area contributed by atoms with Crippen LogP contribution in [0.3, 0.4) is 0 Å². The van der Waals surface area contributed by atoms with Gasteiger partial charge in [0.15, 0.2) is 0 Å². The fraction of sp³-hybridized carbons (Fsp3) is 0.538. The highest BCUT2D eigenvalue weighted by atomic mass is 16.2. The number of aromatic nitrogens is 1. The average molecular weight is 233 g/mol. The molecule has 17 heavy (non-hydrogen) atoms. The van der Waals surface area contributed by atoms with Gasteiger partial charge in [-0.05, 0) is 37.0 Å². The molecule has 0 unspecified atom stereocenters. The quantitative estimate of drug-likeness (QED) is 0.791. The van der Waals surface area contributed by atoms with Crippen LogP contribution in [-0.4, -0.2) is 42.0 Å². The van der Waals surface area contributed by atoms with Gasteiger partial charge < -0.3 is 10.2 Å². The molecule has 1 aromatic heterocycles. The molecule has 1 amide bonds. The first-order valence-corrected chi connectivity index (χ1v) is 6.12. The minimum Gasteiger partial charge on any atom is -0.344 e. The summed E-state index contributed by atoms with van der Waals surface area (Å²) in [7, 11) is 1.86. The number of nitrogens with zero attached hydrogens (tertiary/aromatic N) is 2. The lowest BCUT2D eigenvalue weighted by Gasteiger charge is -2.17. The smallest absolute Gasteiger partial charge is 0.236 e. The maximum absolute atomic E-state index is 11.7. The minimum absolute atomic E-state index is 0.172. The molecule has 4 heteroatoms. The van der Waals surface area contributed by atoms with Gasteiger partial charge in [-0.3, -0.25) is 9.78 Å². The average Bonchev–Trinajstić information content (AvgIpc) is 3.18. The Morgan fingerprint density at radius 2 is 2.18 bits per heavy atom. The van der Waals surface area contributed by atoms with Crippen molar-refractivity contribution in [1.29, 1.82) is 0 Å². The summed E-state index contributed by atoms with van der Waals surface area (Å²) < 4.78 is 0. The number of nitrogens with one attached hydrogen (secondary N) is 1. The van der Waals surface area contributed by atoms with Crippen LogP contribution in [0.25, 0.3) is 0 Å². The Kier molecular flexibility index (Phi) is 4.09. The summed E-state index contributed by atoms with van der Waals surface area (Å²) >= 11 is 0. The molecule has 1 saturated carbocycles. The standard InChI is InChI=1S/C13H19N3O/c1-16(13(17)10-15-12-2-3-12)9-6-11-4-7-14-8-5-11/h4-5,7-8,12,15H,2-3,6,9-10H2,1H3. The SMILES string of the molecule is CN(CCc1ccncc1)C(=O)CNC1CC1. The Morgan fingerprint density at radius 3 is 2.82 bits per heavy atom. The van der Waals surface area contributed by atoms with Crippen molar-refractivity contribution in [3.05, 3.63) is 30.1 Å². The monoisotopic (exact) mass is 233 g/mol. The third kappa shape index (κ3) is 4.15. The van der Waals surface area contributed by atoms with Gasteiger partial charge in [-0.1, -0.05) is 0 Å². The summed E-state index contributed by atoms with van der Waals surface area (Å²) in [5, 5.41) is 3.23. The molecule has 92 valence electrons. The number of likely N-dealkylation sites (N-methyl/N-ethyl adjacent to an activating group) is 1. The molecule has 2 rings (SSSR count). The second kappa shape index (κ2) is 5.77. The van der Waals surface area contributed by atoms with Crippen LogP contribution in [-0.2, 0) is 11.2 Å². The highest BCUT2D eigenvalue weighted by molar-refractivity contribution is 5.78. The van der Waals surface area contributed by atoms with E-state index in [1.165, 1.54) is 18.4 Å². The maximum atomic E-state index is 11.7. The van der Waals surface area contributed by atoms with Gasteiger partial charge in [0.1, 0.15) is 0 Å². The predicted octanol–water partition coefficient (Wildman–Crippen LogP) is 0.834. The molecule has 1 aliphatic carbocycles. The maximum Gasteiger partial charge on any atom is 0.236 e. The van der Waals surface area contributed by atoms with E-state index in [0.717, 1.165) is 13.0 Å². The molecule has 1 aliphatic rings. The van der Waals surface area contributed by atoms with Gasteiger partial charge in [-0.25, -0.2) is 0 Å². The Morgan fingerprint density at radius 1 is 1.47 bits per heavy atom. The molecular formula is C13H19N3O. The molecule has 4 nitrogen and oxygen atoms in total. The number of hydrogen-bond acceptors (Lipinski definition) is 3. The molecule has 1 aromatic rings. The van der Waals surface area contributed by atoms with Crippen LogP contribution in [0.15, 0.2) is 24.5 Å². The van der Waals surface area contributed by atoms with Crippen molar-refractivity contribution in [1.82, 2.24) is 15.2 Å². The van der Waals surface area contributed by atoms with E-state index >= 15 is 0 Å². The molecule has 0 atom stereocenters.